The Labute approximate surface area is 145 Å². The Kier molecular flexibility index (Phi) is 4.53. The van der Waals surface area contributed by atoms with Gasteiger partial charge in [0.15, 0.2) is 0 Å². The molecule has 0 bridgehead atoms. The van der Waals surface area contributed by atoms with Crippen molar-refractivity contribution in [2.75, 3.05) is 11.1 Å². The van der Waals surface area contributed by atoms with Crippen LogP contribution in [0.3, 0.4) is 0 Å². The van der Waals surface area contributed by atoms with Gasteiger partial charge in [0.1, 0.15) is 0 Å². The highest BCUT2D eigenvalue weighted by Crippen LogP contribution is 2.44. The first-order valence-corrected chi connectivity index (χ1v) is 8.21. The maximum atomic E-state index is 12.8. The summed E-state index contributed by atoms with van der Waals surface area (Å²) < 4.78 is 0. The lowest BCUT2D eigenvalue weighted by Gasteiger charge is -2.17. The van der Waals surface area contributed by atoms with Crippen LogP contribution in [-0.4, -0.2) is 16.6 Å². The van der Waals surface area contributed by atoms with E-state index in [1.165, 1.54) is 0 Å². The summed E-state index contributed by atoms with van der Waals surface area (Å²) >= 11 is 6.24. The minimum absolute atomic E-state index is 0.128. The molecule has 1 aliphatic carbocycles. The Morgan fingerprint density at radius 3 is 2.79 bits per heavy atom. The number of nitrogen functional groups attached to an aromatic ring is 1. The molecule has 0 spiro atoms. The molecule has 1 aromatic heterocycles. The number of halogens is 1. The van der Waals surface area contributed by atoms with Crippen molar-refractivity contribution >= 4 is 34.6 Å². The molecule has 1 aromatic carbocycles. The first-order chi connectivity index (χ1) is 11.5. The number of benzene rings is 1. The SMILES string of the molecule is CC(=N)c1cc(NC(=O)[C@@H](c2ncccc2Cl)C2CC2)ccc1N. The quantitative estimate of drug-likeness (QED) is 0.569. The highest BCUT2D eigenvalue weighted by Gasteiger charge is 2.39. The number of nitrogens with zero attached hydrogens (tertiary/aromatic N) is 1. The van der Waals surface area contributed by atoms with Crippen LogP contribution in [0.4, 0.5) is 11.4 Å². The van der Waals surface area contributed by atoms with Crippen LogP contribution in [0.25, 0.3) is 0 Å². The summed E-state index contributed by atoms with van der Waals surface area (Å²) in [6, 6.07) is 8.67. The van der Waals surface area contributed by atoms with E-state index in [-0.39, 0.29) is 17.7 Å². The third kappa shape index (κ3) is 3.41. The van der Waals surface area contributed by atoms with Crippen molar-refractivity contribution in [1.29, 1.82) is 5.41 Å². The molecule has 6 heteroatoms. The highest BCUT2D eigenvalue weighted by molar-refractivity contribution is 6.31. The molecule has 5 nitrogen and oxygen atoms in total. The maximum absolute atomic E-state index is 12.8. The molecular formula is C18H19ClN4O. The van der Waals surface area contributed by atoms with Crippen molar-refractivity contribution in [3.8, 4) is 0 Å². The van der Waals surface area contributed by atoms with Crippen molar-refractivity contribution in [3.63, 3.8) is 0 Å². The molecular weight excluding hydrogens is 324 g/mol. The van der Waals surface area contributed by atoms with Gasteiger partial charge in [0.2, 0.25) is 5.91 Å². The highest BCUT2D eigenvalue weighted by atomic mass is 35.5. The number of rotatable bonds is 5. The number of carbonyl (C=O) groups excluding carboxylic acids is 1. The minimum atomic E-state index is -0.360. The van der Waals surface area contributed by atoms with E-state index in [9.17, 15) is 4.79 Å². The van der Waals surface area contributed by atoms with E-state index in [4.69, 9.17) is 22.7 Å². The Morgan fingerprint density at radius 1 is 1.42 bits per heavy atom. The number of anilines is 2. The third-order valence-corrected chi connectivity index (χ3v) is 4.50. The standard InChI is InChI=1S/C18H19ClN4O/c1-10(20)13-9-12(6-7-15(13)21)23-18(24)16(11-4-5-11)17-14(19)3-2-8-22-17/h2-3,6-9,11,16,20H,4-5,21H2,1H3,(H,23,24)/t16-/m1/s1. The average molecular weight is 343 g/mol. The molecule has 1 aliphatic rings. The lowest BCUT2D eigenvalue weighted by atomic mass is 9.97. The van der Waals surface area contributed by atoms with Crippen LogP contribution in [0.5, 0.6) is 0 Å². The van der Waals surface area contributed by atoms with Gasteiger partial charge in [-0.1, -0.05) is 11.6 Å². The van der Waals surface area contributed by atoms with Gasteiger partial charge in [0, 0.05) is 28.8 Å². The average Bonchev–Trinajstić information content (AvgIpc) is 3.36. The predicted octanol–water partition coefficient (Wildman–Crippen LogP) is 3.84. The fourth-order valence-corrected chi connectivity index (χ4v) is 3.04. The van der Waals surface area contributed by atoms with Crippen molar-refractivity contribution in [1.82, 2.24) is 4.98 Å². The maximum Gasteiger partial charge on any atom is 0.233 e. The van der Waals surface area contributed by atoms with Crippen LogP contribution >= 0.6 is 11.6 Å². The van der Waals surface area contributed by atoms with E-state index >= 15 is 0 Å². The first kappa shape index (κ1) is 16.5. The van der Waals surface area contributed by atoms with Crippen molar-refractivity contribution in [2.45, 2.75) is 25.7 Å². The van der Waals surface area contributed by atoms with E-state index in [0.717, 1.165) is 12.8 Å². The van der Waals surface area contributed by atoms with Crippen LogP contribution in [0.1, 0.15) is 36.9 Å². The molecule has 1 fully saturated rings. The second-order valence-corrected chi connectivity index (χ2v) is 6.51. The number of amides is 1. The van der Waals surface area contributed by atoms with Gasteiger partial charge < -0.3 is 16.5 Å². The third-order valence-electron chi connectivity index (χ3n) is 4.18. The molecule has 124 valence electrons. The van der Waals surface area contributed by atoms with Crippen molar-refractivity contribution in [2.24, 2.45) is 5.92 Å². The normalized spacial score (nSPS) is 14.9. The van der Waals surface area contributed by atoms with E-state index in [1.54, 1.807) is 43.5 Å². The number of nitrogens with two attached hydrogens (primary N) is 1. The fourth-order valence-electron chi connectivity index (χ4n) is 2.80. The predicted molar refractivity (Wildman–Crippen MR) is 96.7 cm³/mol. The molecule has 1 amide bonds. The van der Waals surface area contributed by atoms with Crippen LogP contribution < -0.4 is 11.1 Å². The summed E-state index contributed by atoms with van der Waals surface area (Å²) in [5.41, 5.74) is 8.61. The topological polar surface area (TPSA) is 91.9 Å². The minimum Gasteiger partial charge on any atom is -0.398 e. The molecule has 0 radical (unpaired) electrons. The number of pyridine rings is 1. The zero-order valence-corrected chi connectivity index (χ0v) is 14.1. The summed E-state index contributed by atoms with van der Waals surface area (Å²) in [5.74, 6) is -0.215. The summed E-state index contributed by atoms with van der Waals surface area (Å²) in [5, 5.41) is 11.2. The molecule has 0 unspecified atom stereocenters. The lowest BCUT2D eigenvalue weighted by Crippen LogP contribution is -2.24. The van der Waals surface area contributed by atoms with Crippen LogP contribution in [-0.2, 0) is 4.79 Å². The molecule has 3 rings (SSSR count). The summed E-state index contributed by atoms with van der Waals surface area (Å²) in [6.45, 7) is 1.66. The number of carbonyl (C=O) groups is 1. The van der Waals surface area contributed by atoms with Gasteiger partial charge >= 0.3 is 0 Å². The molecule has 4 N–H and O–H groups in total. The zero-order chi connectivity index (χ0) is 17.3. The number of hydrogen-bond acceptors (Lipinski definition) is 4. The molecule has 0 aliphatic heterocycles. The van der Waals surface area contributed by atoms with E-state index < -0.39 is 0 Å². The van der Waals surface area contributed by atoms with Gasteiger partial charge in [0.25, 0.3) is 0 Å². The van der Waals surface area contributed by atoms with Gasteiger partial charge in [-0.2, -0.15) is 0 Å². The Bertz CT molecular complexity index is 801. The van der Waals surface area contributed by atoms with Gasteiger partial charge in [-0.25, -0.2) is 0 Å². The molecule has 1 heterocycles. The van der Waals surface area contributed by atoms with E-state index in [1.807, 2.05) is 0 Å². The molecule has 1 saturated carbocycles. The van der Waals surface area contributed by atoms with Crippen molar-refractivity contribution in [3.05, 3.63) is 52.8 Å². The van der Waals surface area contributed by atoms with Crippen LogP contribution in [0, 0.1) is 11.3 Å². The van der Waals surface area contributed by atoms with Gasteiger partial charge in [-0.3, -0.25) is 9.78 Å². The zero-order valence-electron chi connectivity index (χ0n) is 13.3. The monoisotopic (exact) mass is 342 g/mol. The molecule has 0 saturated heterocycles. The summed E-state index contributed by atoms with van der Waals surface area (Å²) in [6.07, 6.45) is 3.65. The van der Waals surface area contributed by atoms with E-state index in [2.05, 4.69) is 10.3 Å². The van der Waals surface area contributed by atoms with Gasteiger partial charge in [-0.15, -0.1) is 0 Å². The number of aromatic nitrogens is 1. The van der Waals surface area contributed by atoms with Gasteiger partial charge in [-0.05, 0) is 56.0 Å². The second-order valence-electron chi connectivity index (χ2n) is 6.10. The fraction of sp³-hybridized carbons (Fsp3) is 0.278. The smallest absolute Gasteiger partial charge is 0.233 e. The van der Waals surface area contributed by atoms with Crippen LogP contribution in [0.15, 0.2) is 36.5 Å². The molecule has 2 aromatic rings. The molecule has 1 atom stereocenters. The Hall–Kier alpha value is -2.40. The summed E-state index contributed by atoms with van der Waals surface area (Å²) in [4.78, 5) is 17.1. The van der Waals surface area contributed by atoms with Crippen LogP contribution in [0.2, 0.25) is 5.02 Å². The number of hydrogen-bond donors (Lipinski definition) is 3. The lowest BCUT2D eigenvalue weighted by molar-refractivity contribution is -0.118. The van der Waals surface area contributed by atoms with Crippen molar-refractivity contribution < 1.29 is 4.79 Å². The second kappa shape index (κ2) is 6.61. The van der Waals surface area contributed by atoms with E-state index in [0.29, 0.717) is 33.4 Å². The molecule has 24 heavy (non-hydrogen) atoms. The Balaban J connectivity index is 1.86. The Morgan fingerprint density at radius 2 is 2.17 bits per heavy atom. The number of nitrogens with one attached hydrogen (secondary N) is 2. The first-order valence-electron chi connectivity index (χ1n) is 7.83. The summed E-state index contributed by atoms with van der Waals surface area (Å²) in [7, 11) is 0. The largest absolute Gasteiger partial charge is 0.398 e. The van der Waals surface area contributed by atoms with Gasteiger partial charge in [0.05, 0.1) is 16.6 Å².